The second kappa shape index (κ2) is 4.78. The molecule has 1 fully saturated rings. The van der Waals surface area contributed by atoms with Gasteiger partial charge in [0, 0.05) is 12.3 Å². The van der Waals surface area contributed by atoms with Crippen molar-refractivity contribution in [2.24, 2.45) is 17.8 Å². The van der Waals surface area contributed by atoms with Gasteiger partial charge in [-0.2, -0.15) is 0 Å². The van der Waals surface area contributed by atoms with Gasteiger partial charge in [0.15, 0.2) is 0 Å². The predicted octanol–water partition coefficient (Wildman–Crippen LogP) is 3.62. The molecule has 2 aliphatic rings. The van der Waals surface area contributed by atoms with Crippen molar-refractivity contribution in [1.82, 2.24) is 0 Å². The number of carbonyl (C=O) groups excluding carboxylic acids is 1. The maximum Gasteiger partial charge on any atom is 0.350 e. The minimum atomic E-state index is -0.711. The summed E-state index contributed by atoms with van der Waals surface area (Å²) in [5.41, 5.74) is 0. The Bertz CT molecular complexity index is 351. The lowest BCUT2D eigenvalue weighted by atomic mass is 9.72. The molecule has 0 aromatic rings. The molecule has 3 nitrogen and oxygen atoms in total. The van der Waals surface area contributed by atoms with E-state index < -0.39 is 5.79 Å². The lowest BCUT2D eigenvalue weighted by Gasteiger charge is -2.47. The lowest BCUT2D eigenvalue weighted by molar-refractivity contribution is -0.261. The fraction of sp³-hybridized carbons (Fsp3) is 0.769. The van der Waals surface area contributed by atoms with Gasteiger partial charge in [0.25, 0.3) is 5.79 Å². The Labute approximate surface area is 116 Å². The van der Waals surface area contributed by atoms with E-state index in [1.807, 2.05) is 22.6 Å². The minimum absolute atomic E-state index is 0.239. The summed E-state index contributed by atoms with van der Waals surface area (Å²) in [6, 6.07) is 0. The average Bonchev–Trinajstić information content (AvgIpc) is 2.23. The van der Waals surface area contributed by atoms with Crippen LogP contribution < -0.4 is 0 Å². The molecule has 3 atom stereocenters. The first kappa shape index (κ1) is 13.2. The Hall–Kier alpha value is -0.260. The molecule has 0 saturated heterocycles. The van der Waals surface area contributed by atoms with E-state index in [0.717, 1.165) is 12.8 Å². The number of hydrogen-bond acceptors (Lipinski definition) is 3. The third-order valence-electron chi connectivity index (χ3n) is 3.80. The molecule has 1 heterocycles. The van der Waals surface area contributed by atoms with Crippen molar-refractivity contribution in [2.45, 2.75) is 45.8 Å². The zero-order valence-corrected chi connectivity index (χ0v) is 12.7. The van der Waals surface area contributed by atoms with Crippen LogP contribution in [0, 0.1) is 17.8 Å². The molecule has 1 aliphatic carbocycles. The van der Waals surface area contributed by atoms with Crippen LogP contribution in [0.2, 0.25) is 0 Å². The Morgan fingerprint density at radius 2 is 2.18 bits per heavy atom. The van der Waals surface area contributed by atoms with Crippen molar-refractivity contribution in [1.29, 1.82) is 0 Å². The molecule has 1 saturated carbocycles. The number of carbonyl (C=O) groups is 1. The highest BCUT2D eigenvalue weighted by molar-refractivity contribution is 14.1. The molecule has 0 radical (unpaired) electrons. The number of hydrogen-bond donors (Lipinski definition) is 0. The smallest absolute Gasteiger partial charge is 0.350 e. The largest absolute Gasteiger partial charge is 0.458 e. The summed E-state index contributed by atoms with van der Waals surface area (Å²) in [5, 5.41) is 0. The van der Waals surface area contributed by atoms with Gasteiger partial charge < -0.3 is 9.47 Å². The third kappa shape index (κ3) is 2.46. The maximum absolute atomic E-state index is 11.8. The molecular weight excluding hydrogens is 331 g/mol. The second-order valence-corrected chi connectivity index (χ2v) is 6.68. The summed E-state index contributed by atoms with van der Waals surface area (Å²) in [5.74, 6) is 0.346. The number of ether oxygens (including phenoxy) is 2. The Kier molecular flexibility index (Phi) is 3.71. The van der Waals surface area contributed by atoms with Crippen LogP contribution in [0.15, 0.2) is 9.84 Å². The van der Waals surface area contributed by atoms with Crippen LogP contribution in [0.25, 0.3) is 0 Å². The van der Waals surface area contributed by atoms with Gasteiger partial charge >= 0.3 is 5.97 Å². The van der Waals surface area contributed by atoms with Gasteiger partial charge in [0.1, 0.15) is 9.84 Å². The molecule has 1 spiro atoms. The molecule has 4 heteroatoms. The molecule has 96 valence electrons. The van der Waals surface area contributed by atoms with Crippen molar-refractivity contribution in [2.75, 3.05) is 0 Å². The van der Waals surface area contributed by atoms with Crippen LogP contribution in [0.3, 0.4) is 0 Å². The van der Waals surface area contributed by atoms with Gasteiger partial charge in [-0.3, -0.25) is 0 Å². The molecule has 0 aromatic heterocycles. The van der Waals surface area contributed by atoms with Gasteiger partial charge in [-0.25, -0.2) is 4.79 Å². The molecule has 2 rings (SSSR count). The van der Waals surface area contributed by atoms with Crippen LogP contribution in [0.1, 0.15) is 40.0 Å². The first-order valence-electron chi connectivity index (χ1n) is 6.21. The Balaban J connectivity index is 2.28. The fourth-order valence-corrected chi connectivity index (χ4v) is 3.18. The molecule has 0 aromatic carbocycles. The fourth-order valence-electron chi connectivity index (χ4n) is 2.95. The summed E-state index contributed by atoms with van der Waals surface area (Å²) in [7, 11) is 0. The van der Waals surface area contributed by atoms with Gasteiger partial charge in [-0.1, -0.05) is 20.8 Å². The van der Waals surface area contributed by atoms with E-state index in [1.165, 1.54) is 6.42 Å². The number of halogens is 1. The van der Waals surface area contributed by atoms with Crippen LogP contribution in [0.5, 0.6) is 0 Å². The highest BCUT2D eigenvalue weighted by Gasteiger charge is 2.51. The quantitative estimate of drug-likeness (QED) is 0.535. The topological polar surface area (TPSA) is 35.5 Å². The Morgan fingerprint density at radius 1 is 1.47 bits per heavy atom. The predicted molar refractivity (Wildman–Crippen MR) is 73.4 cm³/mol. The van der Waals surface area contributed by atoms with E-state index in [4.69, 9.17) is 9.47 Å². The molecular formula is C13H19IO3. The van der Waals surface area contributed by atoms with Crippen LogP contribution in [0.4, 0.5) is 0 Å². The standard InChI is InChI=1S/C13H19IO3/c1-8(2)10-5-4-9(3)6-13(10)16-7-11(14)12(15)17-13/h7-10H,4-6H2,1-3H3/t9-,10+,13+/m1/s1. The van der Waals surface area contributed by atoms with Crippen molar-refractivity contribution in [3.63, 3.8) is 0 Å². The monoisotopic (exact) mass is 350 g/mol. The first-order chi connectivity index (χ1) is 7.94. The minimum Gasteiger partial charge on any atom is -0.458 e. The molecule has 0 N–H and O–H groups in total. The summed E-state index contributed by atoms with van der Waals surface area (Å²) >= 11 is 1.95. The van der Waals surface area contributed by atoms with E-state index in [2.05, 4.69) is 20.8 Å². The van der Waals surface area contributed by atoms with Crippen LogP contribution in [-0.2, 0) is 14.3 Å². The number of rotatable bonds is 1. The Morgan fingerprint density at radius 3 is 2.76 bits per heavy atom. The number of esters is 1. The molecule has 0 amide bonds. The highest BCUT2D eigenvalue weighted by Crippen LogP contribution is 2.46. The SMILES string of the molecule is CC(C)[C@@H]1CC[C@@H](C)C[C@@]12OC=C(I)C(=O)O2. The zero-order valence-electron chi connectivity index (χ0n) is 10.5. The molecule has 17 heavy (non-hydrogen) atoms. The van der Waals surface area contributed by atoms with E-state index in [1.54, 1.807) is 6.26 Å². The molecule has 1 aliphatic heterocycles. The van der Waals surface area contributed by atoms with E-state index >= 15 is 0 Å². The molecule has 0 bridgehead atoms. The highest BCUT2D eigenvalue weighted by atomic mass is 127. The van der Waals surface area contributed by atoms with Gasteiger partial charge in [0.05, 0.1) is 0 Å². The van der Waals surface area contributed by atoms with Crippen molar-refractivity contribution < 1.29 is 14.3 Å². The average molecular weight is 350 g/mol. The van der Waals surface area contributed by atoms with Gasteiger partial charge in [-0.05, 0) is 47.3 Å². The van der Waals surface area contributed by atoms with E-state index in [9.17, 15) is 4.79 Å². The van der Waals surface area contributed by atoms with Crippen molar-refractivity contribution in [3.8, 4) is 0 Å². The van der Waals surface area contributed by atoms with Crippen LogP contribution in [-0.4, -0.2) is 11.8 Å². The van der Waals surface area contributed by atoms with Crippen molar-refractivity contribution >= 4 is 28.6 Å². The normalized spacial score (nSPS) is 37.7. The first-order valence-corrected chi connectivity index (χ1v) is 7.29. The second-order valence-electron chi connectivity index (χ2n) is 5.52. The molecule has 0 unspecified atom stereocenters. The zero-order chi connectivity index (χ0) is 12.6. The lowest BCUT2D eigenvalue weighted by Crippen LogP contribution is -2.51. The summed E-state index contributed by atoms with van der Waals surface area (Å²) < 4.78 is 12.0. The van der Waals surface area contributed by atoms with E-state index in [-0.39, 0.29) is 5.97 Å². The van der Waals surface area contributed by atoms with Crippen molar-refractivity contribution in [3.05, 3.63) is 9.84 Å². The van der Waals surface area contributed by atoms with Crippen LogP contribution >= 0.6 is 22.6 Å². The van der Waals surface area contributed by atoms with Gasteiger partial charge in [-0.15, -0.1) is 0 Å². The summed E-state index contributed by atoms with van der Waals surface area (Å²) in [6.07, 6.45) is 4.63. The summed E-state index contributed by atoms with van der Waals surface area (Å²) in [4.78, 5) is 11.8. The third-order valence-corrected chi connectivity index (χ3v) is 4.49. The van der Waals surface area contributed by atoms with Gasteiger partial charge in [0.2, 0.25) is 0 Å². The summed E-state index contributed by atoms with van der Waals surface area (Å²) in [6.45, 7) is 6.53. The maximum atomic E-state index is 11.8. The van der Waals surface area contributed by atoms with E-state index in [0.29, 0.717) is 21.3 Å².